The first kappa shape index (κ1) is 33.1. The summed E-state index contributed by atoms with van der Waals surface area (Å²) in [7, 11) is -4.55. The van der Waals surface area contributed by atoms with E-state index in [9.17, 15) is 25.6 Å². The highest BCUT2D eigenvalue weighted by atomic mass is 32.2. The lowest BCUT2D eigenvalue weighted by atomic mass is 10.1. The van der Waals surface area contributed by atoms with E-state index < -0.39 is 31.7 Å². The first-order valence-electron chi connectivity index (χ1n) is 13.1. The van der Waals surface area contributed by atoms with Crippen molar-refractivity contribution in [3.05, 3.63) is 95.6 Å². The molecule has 0 aliphatic carbocycles. The zero-order valence-electron chi connectivity index (χ0n) is 24.4. The summed E-state index contributed by atoms with van der Waals surface area (Å²) >= 11 is 0. The highest BCUT2D eigenvalue weighted by molar-refractivity contribution is 7.89. The predicted octanol–water partition coefficient (Wildman–Crippen LogP) is 3.99. The molecule has 13 nitrogen and oxygen atoms in total. The minimum Gasteiger partial charge on any atom is -0.324 e. The third-order valence-corrected chi connectivity index (χ3v) is 9.08. The Bertz CT molecular complexity index is 1840. The molecule has 5 N–H and O–H groups in total. The predicted molar refractivity (Wildman–Crippen MR) is 169 cm³/mol. The third kappa shape index (κ3) is 8.63. The molecule has 1 heterocycles. The van der Waals surface area contributed by atoms with Gasteiger partial charge in [0.05, 0.1) is 21.2 Å². The molecule has 0 atom stereocenters. The molecule has 3 aromatic carbocycles. The fourth-order valence-corrected chi connectivity index (χ4v) is 5.23. The summed E-state index contributed by atoms with van der Waals surface area (Å²) in [5, 5.41) is 11.4. The Kier molecular flexibility index (Phi) is 10.2. The number of rotatable bonds is 12. The Balaban J connectivity index is 1.61. The molecule has 0 unspecified atom stereocenters. The molecule has 0 fully saturated rings. The van der Waals surface area contributed by atoms with Gasteiger partial charge in [0.25, 0.3) is 0 Å². The van der Waals surface area contributed by atoms with Gasteiger partial charge < -0.3 is 5.32 Å². The Morgan fingerprint density at radius 1 is 0.644 bits per heavy atom. The lowest BCUT2D eigenvalue weighted by molar-refractivity contribution is 0.584. The van der Waals surface area contributed by atoms with Crippen molar-refractivity contribution in [2.75, 3.05) is 30.3 Å². The molecule has 0 radical (unpaired) electrons. The summed E-state index contributed by atoms with van der Waals surface area (Å²) in [6.45, 7) is 3.40. The number of nitrogens with zero attached hydrogens (tertiary/aromatic N) is 4. The van der Waals surface area contributed by atoms with Crippen molar-refractivity contribution in [3.8, 4) is 0 Å². The Hall–Kier alpha value is -4.84. The standard InChI is InChI=1S/C28H29F2N9O4S2/c1-17(19-5-9-24(10-6-19)44(40,41)31-3)36-38-26-16-27(35-28(34-26)33-23-14-21(29)13-22(30)15-23)39-37-18(2)20-7-11-25(12-8-20)45(42,43)32-4/h5-16,31-32H,1-4H3,(H3,33,34,35,38,39)/b36-17-,37-18-. The van der Waals surface area contributed by atoms with Gasteiger partial charge in [-0.25, -0.2) is 35.1 Å². The van der Waals surface area contributed by atoms with Crippen LogP contribution in [0.3, 0.4) is 0 Å². The average Bonchev–Trinajstić information content (AvgIpc) is 3.02. The number of aromatic nitrogens is 2. The van der Waals surface area contributed by atoms with Crippen LogP contribution in [0, 0.1) is 11.6 Å². The van der Waals surface area contributed by atoms with E-state index in [0.717, 1.165) is 18.2 Å². The SMILES string of the molecule is CNS(=O)(=O)c1ccc(/C(C)=N\Nc2cc(N/N=C(/C)c3ccc(S(=O)(=O)NC)cc3)nc(Nc3cc(F)cc(F)c3)n2)cc1. The van der Waals surface area contributed by atoms with Crippen LogP contribution in [0.4, 0.5) is 32.1 Å². The van der Waals surface area contributed by atoms with E-state index in [1.165, 1.54) is 44.4 Å². The Morgan fingerprint density at radius 2 is 1.04 bits per heavy atom. The first-order chi connectivity index (χ1) is 21.3. The van der Waals surface area contributed by atoms with Crippen LogP contribution in [-0.4, -0.2) is 52.3 Å². The van der Waals surface area contributed by atoms with Crippen LogP contribution in [-0.2, 0) is 20.0 Å². The maximum Gasteiger partial charge on any atom is 0.240 e. The molecule has 4 aromatic rings. The van der Waals surface area contributed by atoms with Crippen molar-refractivity contribution in [2.24, 2.45) is 10.2 Å². The second-order valence-electron chi connectivity index (χ2n) is 9.33. The summed E-state index contributed by atoms with van der Waals surface area (Å²) in [5.74, 6) is -1.29. The monoisotopic (exact) mass is 657 g/mol. The topological polar surface area (TPSA) is 179 Å². The van der Waals surface area contributed by atoms with E-state index >= 15 is 0 Å². The van der Waals surface area contributed by atoms with Crippen LogP contribution in [0.25, 0.3) is 0 Å². The second-order valence-corrected chi connectivity index (χ2v) is 13.1. The number of benzene rings is 3. The summed E-state index contributed by atoms with van der Waals surface area (Å²) in [4.78, 5) is 8.82. The number of hydrogen-bond donors (Lipinski definition) is 5. The number of hydrazone groups is 2. The third-order valence-electron chi connectivity index (χ3n) is 6.22. The van der Waals surface area contributed by atoms with Crippen LogP contribution >= 0.6 is 0 Å². The van der Waals surface area contributed by atoms with Crippen LogP contribution in [0.15, 0.2) is 92.8 Å². The minimum atomic E-state index is -3.60. The summed E-state index contributed by atoms with van der Waals surface area (Å²) in [5.41, 5.74) is 7.91. The van der Waals surface area contributed by atoms with Crippen molar-refractivity contribution in [1.82, 2.24) is 19.4 Å². The van der Waals surface area contributed by atoms with Crippen molar-refractivity contribution in [3.63, 3.8) is 0 Å². The van der Waals surface area contributed by atoms with Crippen molar-refractivity contribution in [1.29, 1.82) is 0 Å². The van der Waals surface area contributed by atoms with Gasteiger partial charge in [-0.1, -0.05) is 24.3 Å². The molecule has 0 bridgehead atoms. The lowest BCUT2D eigenvalue weighted by Crippen LogP contribution is -2.18. The largest absolute Gasteiger partial charge is 0.324 e. The van der Waals surface area contributed by atoms with Crippen molar-refractivity contribution in [2.45, 2.75) is 23.6 Å². The van der Waals surface area contributed by atoms with Gasteiger partial charge in [-0.05, 0) is 75.5 Å². The zero-order chi connectivity index (χ0) is 32.8. The van der Waals surface area contributed by atoms with Gasteiger partial charge in [-0.3, -0.25) is 10.9 Å². The fraction of sp³-hybridized carbons (Fsp3) is 0.143. The molecule has 0 saturated carbocycles. The Labute approximate surface area is 259 Å². The lowest BCUT2D eigenvalue weighted by Gasteiger charge is -2.11. The van der Waals surface area contributed by atoms with Crippen molar-refractivity contribution >= 4 is 54.7 Å². The van der Waals surface area contributed by atoms with Crippen LogP contribution in [0.5, 0.6) is 0 Å². The molecule has 17 heteroatoms. The van der Waals surface area contributed by atoms with E-state index in [2.05, 4.69) is 45.8 Å². The number of halogens is 2. The maximum atomic E-state index is 13.8. The molecular weight excluding hydrogens is 628 g/mol. The number of sulfonamides is 2. The van der Waals surface area contributed by atoms with Gasteiger partial charge in [-0.2, -0.15) is 20.2 Å². The highest BCUT2D eigenvalue weighted by Crippen LogP contribution is 2.21. The van der Waals surface area contributed by atoms with Gasteiger partial charge in [0.1, 0.15) is 11.6 Å². The zero-order valence-corrected chi connectivity index (χ0v) is 26.1. The summed E-state index contributed by atoms with van der Waals surface area (Å²) < 4.78 is 80.1. The van der Waals surface area contributed by atoms with Crippen LogP contribution in [0.1, 0.15) is 25.0 Å². The molecule has 4 rings (SSSR count). The normalized spacial score (nSPS) is 12.6. The summed E-state index contributed by atoms with van der Waals surface area (Å²) in [6.07, 6.45) is 0. The van der Waals surface area contributed by atoms with Gasteiger partial charge in [0.2, 0.25) is 26.0 Å². The quantitative estimate of drug-likeness (QED) is 0.111. The van der Waals surface area contributed by atoms with Gasteiger partial charge in [-0.15, -0.1) is 0 Å². The maximum absolute atomic E-state index is 13.8. The first-order valence-corrected chi connectivity index (χ1v) is 16.1. The molecule has 0 aliphatic rings. The second kappa shape index (κ2) is 13.9. The molecule has 0 saturated heterocycles. The fourth-order valence-electron chi connectivity index (χ4n) is 3.77. The molecule has 0 amide bonds. The highest BCUT2D eigenvalue weighted by Gasteiger charge is 2.13. The van der Waals surface area contributed by atoms with Gasteiger partial charge in [0.15, 0.2) is 11.6 Å². The Morgan fingerprint density at radius 3 is 1.42 bits per heavy atom. The molecule has 0 aliphatic heterocycles. The average molecular weight is 658 g/mol. The van der Waals surface area contributed by atoms with E-state index in [0.29, 0.717) is 22.6 Å². The summed E-state index contributed by atoms with van der Waals surface area (Å²) in [6, 6.07) is 16.5. The number of hydrogen-bond acceptors (Lipinski definition) is 11. The van der Waals surface area contributed by atoms with Crippen molar-refractivity contribution < 1.29 is 25.6 Å². The number of nitrogens with one attached hydrogen (secondary N) is 5. The number of anilines is 4. The van der Waals surface area contributed by atoms with E-state index in [1.54, 1.807) is 38.1 Å². The molecule has 45 heavy (non-hydrogen) atoms. The van der Waals surface area contributed by atoms with E-state index in [4.69, 9.17) is 0 Å². The molecular formula is C28H29F2N9O4S2. The van der Waals surface area contributed by atoms with Gasteiger partial charge >= 0.3 is 0 Å². The van der Waals surface area contributed by atoms with Crippen LogP contribution < -0.4 is 25.6 Å². The van der Waals surface area contributed by atoms with Crippen LogP contribution in [0.2, 0.25) is 0 Å². The molecule has 236 valence electrons. The smallest absolute Gasteiger partial charge is 0.240 e. The van der Waals surface area contributed by atoms with Gasteiger partial charge in [0, 0.05) is 17.8 Å². The molecule has 1 aromatic heterocycles. The van der Waals surface area contributed by atoms with E-state index in [1.807, 2.05) is 0 Å². The van der Waals surface area contributed by atoms with E-state index in [-0.39, 0.29) is 33.1 Å². The minimum absolute atomic E-state index is 0.0449. The molecule has 0 spiro atoms.